The van der Waals surface area contributed by atoms with E-state index < -0.39 is 5.97 Å². The first-order chi connectivity index (χ1) is 13.1. The van der Waals surface area contributed by atoms with E-state index in [1.54, 1.807) is 11.7 Å². The molecule has 0 atom stereocenters. The molecule has 0 aliphatic carbocycles. The minimum atomic E-state index is -1.04. The lowest BCUT2D eigenvalue weighted by Crippen LogP contribution is -2.25. The Morgan fingerprint density at radius 2 is 2.00 bits per heavy atom. The largest absolute Gasteiger partial charge is 0.476 e. The van der Waals surface area contributed by atoms with Crippen LogP contribution in [0.5, 0.6) is 0 Å². The van der Waals surface area contributed by atoms with Gasteiger partial charge in [-0.25, -0.2) is 9.78 Å². The van der Waals surface area contributed by atoms with E-state index in [2.05, 4.69) is 36.2 Å². The number of aromatic nitrogens is 3. The molecule has 7 nitrogen and oxygen atoms in total. The molecule has 2 heterocycles. The fourth-order valence-corrected chi connectivity index (χ4v) is 3.43. The molecule has 0 radical (unpaired) electrons. The summed E-state index contributed by atoms with van der Waals surface area (Å²) in [5, 5.41) is 18.5. The van der Waals surface area contributed by atoms with Gasteiger partial charge < -0.3 is 10.4 Å². The quantitative estimate of drug-likeness (QED) is 0.686. The normalized spacial score (nSPS) is 11.4. The van der Waals surface area contributed by atoms with Crippen LogP contribution in [0.3, 0.4) is 0 Å². The van der Waals surface area contributed by atoms with Gasteiger partial charge in [0.15, 0.2) is 5.69 Å². The van der Waals surface area contributed by atoms with Crippen molar-refractivity contribution in [2.45, 2.75) is 32.7 Å². The number of amides is 1. The lowest BCUT2D eigenvalue weighted by molar-refractivity contribution is 0.0691. The molecule has 2 aromatic heterocycles. The van der Waals surface area contributed by atoms with Crippen LogP contribution in [0.1, 0.15) is 53.0 Å². The highest BCUT2D eigenvalue weighted by Gasteiger charge is 2.21. The van der Waals surface area contributed by atoms with Gasteiger partial charge in [0, 0.05) is 30.0 Å². The average molecular weight is 398 g/mol. The Balaban J connectivity index is 1.72. The van der Waals surface area contributed by atoms with Crippen LogP contribution >= 0.6 is 11.3 Å². The molecule has 1 amide bonds. The van der Waals surface area contributed by atoms with E-state index in [1.807, 2.05) is 30.3 Å². The van der Waals surface area contributed by atoms with Gasteiger partial charge in [-0.3, -0.25) is 9.48 Å². The topological polar surface area (TPSA) is 97.1 Å². The third-order valence-corrected chi connectivity index (χ3v) is 5.12. The number of carbonyl (C=O) groups excluding carboxylic acids is 1. The average Bonchev–Trinajstić information content (AvgIpc) is 3.27. The molecule has 1 aromatic carbocycles. The second-order valence-electron chi connectivity index (χ2n) is 7.51. The molecule has 3 aromatic rings. The van der Waals surface area contributed by atoms with Crippen LogP contribution in [0, 0.1) is 0 Å². The lowest BCUT2D eigenvalue weighted by atomic mass is 9.92. The van der Waals surface area contributed by atoms with Crippen LogP contribution < -0.4 is 5.32 Å². The first-order valence-electron chi connectivity index (χ1n) is 8.76. The number of hydrogen-bond acceptors (Lipinski definition) is 5. The predicted octanol–water partition coefficient (Wildman–Crippen LogP) is 3.47. The fraction of sp³-hybridized carbons (Fsp3) is 0.300. The number of nitrogens with zero attached hydrogens (tertiary/aromatic N) is 3. The standard InChI is InChI=1S/C20H22N4O3S/c1-20(2,3)16-9-15(24(4)23-16)17(25)21-10-12-6-5-7-13(8-12)18-22-14(11-28-18)19(26)27/h5-9,11H,10H2,1-4H3,(H,21,25)(H,26,27). The summed E-state index contributed by atoms with van der Waals surface area (Å²) in [6.07, 6.45) is 0. The number of rotatable bonds is 5. The van der Waals surface area contributed by atoms with Gasteiger partial charge in [-0.05, 0) is 17.7 Å². The molecule has 146 valence electrons. The van der Waals surface area contributed by atoms with Crippen molar-refractivity contribution in [3.05, 3.63) is 58.4 Å². The molecule has 0 unspecified atom stereocenters. The summed E-state index contributed by atoms with van der Waals surface area (Å²) in [6.45, 7) is 6.50. The summed E-state index contributed by atoms with van der Waals surface area (Å²) in [6, 6.07) is 9.34. The zero-order valence-electron chi connectivity index (χ0n) is 16.2. The first kappa shape index (κ1) is 19.8. The Morgan fingerprint density at radius 3 is 2.61 bits per heavy atom. The molecule has 0 fully saturated rings. The summed E-state index contributed by atoms with van der Waals surface area (Å²) in [7, 11) is 1.76. The van der Waals surface area contributed by atoms with Crippen molar-refractivity contribution in [3.63, 3.8) is 0 Å². The second kappa shape index (κ2) is 7.55. The van der Waals surface area contributed by atoms with Crippen molar-refractivity contribution in [1.29, 1.82) is 0 Å². The summed E-state index contributed by atoms with van der Waals surface area (Å²) >= 11 is 1.28. The predicted molar refractivity (Wildman–Crippen MR) is 108 cm³/mol. The molecule has 2 N–H and O–H groups in total. The molecular weight excluding hydrogens is 376 g/mol. The molecule has 0 saturated carbocycles. The first-order valence-corrected chi connectivity index (χ1v) is 9.64. The number of carboxylic acids is 1. The van der Waals surface area contributed by atoms with E-state index in [9.17, 15) is 9.59 Å². The summed E-state index contributed by atoms with van der Waals surface area (Å²) in [4.78, 5) is 27.7. The van der Waals surface area contributed by atoms with E-state index >= 15 is 0 Å². The van der Waals surface area contributed by atoms with Crippen LogP contribution in [-0.4, -0.2) is 31.7 Å². The Hall–Kier alpha value is -3.00. The molecule has 0 saturated heterocycles. The van der Waals surface area contributed by atoms with Crippen molar-refractivity contribution in [2.24, 2.45) is 7.05 Å². The zero-order chi connectivity index (χ0) is 20.5. The Bertz CT molecular complexity index is 1030. The fourth-order valence-electron chi connectivity index (χ4n) is 2.64. The van der Waals surface area contributed by atoms with E-state index in [0.29, 0.717) is 17.2 Å². The molecule has 0 spiro atoms. The lowest BCUT2D eigenvalue weighted by Gasteiger charge is -2.13. The molecule has 0 aliphatic rings. The number of thiazole rings is 1. The molecule has 0 aliphatic heterocycles. The van der Waals surface area contributed by atoms with Gasteiger partial charge in [-0.1, -0.05) is 39.0 Å². The number of benzene rings is 1. The smallest absolute Gasteiger partial charge is 0.355 e. The number of aromatic carboxylic acids is 1. The SMILES string of the molecule is Cn1nc(C(C)(C)C)cc1C(=O)NCc1cccc(-c2nc(C(=O)O)cs2)c1. The highest BCUT2D eigenvalue weighted by molar-refractivity contribution is 7.13. The number of carboxylic acid groups (broad SMARTS) is 1. The Labute approximate surface area is 167 Å². The maximum absolute atomic E-state index is 12.6. The molecular formula is C20H22N4O3S. The maximum Gasteiger partial charge on any atom is 0.355 e. The Morgan fingerprint density at radius 1 is 1.25 bits per heavy atom. The maximum atomic E-state index is 12.6. The highest BCUT2D eigenvalue weighted by Crippen LogP contribution is 2.25. The van der Waals surface area contributed by atoms with E-state index in [-0.39, 0.29) is 17.0 Å². The number of hydrogen-bond donors (Lipinski definition) is 2. The third-order valence-electron chi connectivity index (χ3n) is 4.23. The molecule has 28 heavy (non-hydrogen) atoms. The van der Waals surface area contributed by atoms with Crippen molar-refractivity contribution in [3.8, 4) is 10.6 Å². The van der Waals surface area contributed by atoms with E-state index in [1.165, 1.54) is 16.7 Å². The summed E-state index contributed by atoms with van der Waals surface area (Å²) in [5.74, 6) is -1.24. The third kappa shape index (κ3) is 4.28. The van der Waals surface area contributed by atoms with Crippen molar-refractivity contribution < 1.29 is 14.7 Å². The minimum absolute atomic E-state index is 0.0320. The van der Waals surface area contributed by atoms with Gasteiger partial charge in [0.2, 0.25) is 0 Å². The van der Waals surface area contributed by atoms with Gasteiger partial charge in [-0.2, -0.15) is 5.10 Å². The van der Waals surface area contributed by atoms with Crippen molar-refractivity contribution >= 4 is 23.2 Å². The highest BCUT2D eigenvalue weighted by atomic mass is 32.1. The number of aryl methyl sites for hydroxylation is 1. The van der Waals surface area contributed by atoms with E-state index in [4.69, 9.17) is 5.11 Å². The monoisotopic (exact) mass is 398 g/mol. The minimum Gasteiger partial charge on any atom is -0.476 e. The van der Waals surface area contributed by atoms with Crippen LogP contribution in [0.15, 0.2) is 35.7 Å². The van der Waals surface area contributed by atoms with Crippen LogP contribution in [-0.2, 0) is 19.0 Å². The van der Waals surface area contributed by atoms with Gasteiger partial charge in [0.25, 0.3) is 5.91 Å². The van der Waals surface area contributed by atoms with Crippen LogP contribution in [0.25, 0.3) is 10.6 Å². The van der Waals surface area contributed by atoms with Gasteiger partial charge in [0.05, 0.1) is 5.69 Å². The molecule has 8 heteroatoms. The van der Waals surface area contributed by atoms with Gasteiger partial charge in [-0.15, -0.1) is 11.3 Å². The van der Waals surface area contributed by atoms with Crippen LogP contribution in [0.4, 0.5) is 0 Å². The molecule has 3 rings (SSSR count). The van der Waals surface area contributed by atoms with Crippen molar-refractivity contribution in [2.75, 3.05) is 0 Å². The second-order valence-corrected chi connectivity index (χ2v) is 8.37. The number of carbonyl (C=O) groups is 2. The van der Waals surface area contributed by atoms with Gasteiger partial charge in [0.1, 0.15) is 10.7 Å². The number of nitrogens with one attached hydrogen (secondary N) is 1. The van der Waals surface area contributed by atoms with Gasteiger partial charge >= 0.3 is 5.97 Å². The van der Waals surface area contributed by atoms with E-state index in [0.717, 1.165) is 16.8 Å². The zero-order valence-corrected chi connectivity index (χ0v) is 17.0. The van der Waals surface area contributed by atoms with Crippen LogP contribution in [0.2, 0.25) is 0 Å². The molecule has 0 bridgehead atoms. The van der Waals surface area contributed by atoms with Crippen molar-refractivity contribution in [1.82, 2.24) is 20.1 Å². The summed E-state index contributed by atoms with van der Waals surface area (Å²) < 4.78 is 1.59. The Kier molecular flexibility index (Phi) is 5.33. The summed E-state index contributed by atoms with van der Waals surface area (Å²) in [5.41, 5.74) is 2.99.